The van der Waals surface area contributed by atoms with Gasteiger partial charge in [0.25, 0.3) is 10.0 Å². The Balaban J connectivity index is 2.43. The second-order valence-corrected chi connectivity index (χ2v) is 4.71. The molecule has 0 N–H and O–H groups in total. The minimum absolute atomic E-state index is 0.193. The Kier molecular flexibility index (Phi) is 1.47. The number of rotatable bonds is 0. The van der Waals surface area contributed by atoms with Gasteiger partial charge < -0.3 is 0 Å². The van der Waals surface area contributed by atoms with E-state index < -0.39 is 10.0 Å². The van der Waals surface area contributed by atoms with Gasteiger partial charge in [-0.2, -0.15) is 17.9 Å². The van der Waals surface area contributed by atoms with Crippen LogP contribution in [-0.2, 0) is 10.0 Å². The third-order valence-electron chi connectivity index (χ3n) is 2.22. The number of fused-ring (bicyclic) bond motifs is 3. The molecule has 0 aliphatic carbocycles. The number of benzene rings is 1. The van der Waals surface area contributed by atoms with Crippen molar-refractivity contribution in [1.29, 1.82) is 0 Å². The highest BCUT2D eigenvalue weighted by Crippen LogP contribution is 2.25. The van der Waals surface area contributed by atoms with Crippen LogP contribution in [0.25, 0.3) is 0 Å². The number of nitrogens with zero attached hydrogens (tertiary/aromatic N) is 3. The summed E-state index contributed by atoms with van der Waals surface area (Å²) in [5, 5.41) is 7.52. The van der Waals surface area contributed by atoms with Crippen molar-refractivity contribution in [2.45, 2.75) is 4.90 Å². The summed E-state index contributed by atoms with van der Waals surface area (Å²) in [6, 6.07) is 6.65. The first-order chi connectivity index (χ1) is 7.18. The molecule has 0 fully saturated rings. The summed E-state index contributed by atoms with van der Waals surface area (Å²) < 4.78 is 27.0. The average Bonchev–Trinajstić information content (AvgIpc) is 2.65. The molecular formula is C9H5N3O2S. The minimum atomic E-state index is -3.58. The van der Waals surface area contributed by atoms with E-state index in [-0.39, 0.29) is 4.90 Å². The molecule has 0 unspecified atom stereocenters. The largest absolute Gasteiger partial charge is 0.283 e. The normalized spacial score (nSPS) is 20.3. The highest BCUT2D eigenvalue weighted by atomic mass is 32.2. The molecule has 0 saturated heterocycles. The highest BCUT2D eigenvalue weighted by Gasteiger charge is 2.30. The lowest BCUT2D eigenvalue weighted by Gasteiger charge is -2.12. The van der Waals surface area contributed by atoms with Crippen LogP contribution in [0.15, 0.2) is 43.8 Å². The lowest BCUT2D eigenvalue weighted by Crippen LogP contribution is -2.23. The van der Waals surface area contributed by atoms with Gasteiger partial charge in [0.1, 0.15) is 11.4 Å². The van der Waals surface area contributed by atoms with Crippen LogP contribution < -0.4 is 0 Å². The van der Waals surface area contributed by atoms with Gasteiger partial charge in [-0.25, -0.2) is 0 Å². The van der Waals surface area contributed by atoms with Gasteiger partial charge in [0, 0.05) is 5.56 Å². The third kappa shape index (κ3) is 1.08. The molecule has 0 atom stereocenters. The molecule has 5 nitrogen and oxygen atoms in total. The van der Waals surface area contributed by atoms with Crippen LogP contribution in [0.3, 0.4) is 0 Å². The van der Waals surface area contributed by atoms with E-state index in [4.69, 9.17) is 0 Å². The topological polar surface area (TPSA) is 71.2 Å². The summed E-state index contributed by atoms with van der Waals surface area (Å²) in [6.45, 7) is 0. The van der Waals surface area contributed by atoms with Gasteiger partial charge in [0.2, 0.25) is 0 Å². The van der Waals surface area contributed by atoms with E-state index >= 15 is 0 Å². The lowest BCUT2D eigenvalue weighted by molar-refractivity contribution is 0.597. The Morgan fingerprint density at radius 1 is 1.13 bits per heavy atom. The van der Waals surface area contributed by atoms with Gasteiger partial charge in [-0.1, -0.05) is 18.2 Å². The zero-order valence-electron chi connectivity index (χ0n) is 7.45. The van der Waals surface area contributed by atoms with Crippen molar-refractivity contribution in [3.8, 4) is 0 Å². The SMILES string of the molecule is O=S1(=O)N=C2C=NN=C2c2ccccc21. The predicted octanol–water partition coefficient (Wildman–Crippen LogP) is 0.618. The zero-order chi connectivity index (χ0) is 10.5. The monoisotopic (exact) mass is 219 g/mol. The van der Waals surface area contributed by atoms with Crippen LogP contribution >= 0.6 is 0 Å². The van der Waals surface area contributed by atoms with Crippen molar-refractivity contribution < 1.29 is 8.42 Å². The van der Waals surface area contributed by atoms with Gasteiger partial charge in [-0.05, 0) is 6.07 Å². The van der Waals surface area contributed by atoms with E-state index in [0.717, 1.165) is 0 Å². The fourth-order valence-corrected chi connectivity index (χ4v) is 2.76. The molecule has 0 bridgehead atoms. The Labute approximate surface area is 85.9 Å². The van der Waals surface area contributed by atoms with Gasteiger partial charge >= 0.3 is 0 Å². The molecular weight excluding hydrogens is 214 g/mol. The lowest BCUT2D eigenvalue weighted by atomic mass is 10.1. The van der Waals surface area contributed by atoms with Gasteiger partial charge in [-0.15, -0.1) is 5.10 Å². The molecule has 15 heavy (non-hydrogen) atoms. The smallest absolute Gasteiger partial charge is 0.199 e. The van der Waals surface area contributed by atoms with Crippen molar-refractivity contribution in [3.63, 3.8) is 0 Å². The number of hydrogen-bond acceptors (Lipinski definition) is 4. The summed E-state index contributed by atoms with van der Waals surface area (Å²) in [7, 11) is -3.58. The predicted molar refractivity (Wildman–Crippen MR) is 56.1 cm³/mol. The van der Waals surface area contributed by atoms with E-state index in [2.05, 4.69) is 14.6 Å². The molecule has 6 heteroatoms. The second kappa shape index (κ2) is 2.60. The van der Waals surface area contributed by atoms with E-state index in [0.29, 0.717) is 17.0 Å². The molecule has 1 aromatic carbocycles. The van der Waals surface area contributed by atoms with Crippen molar-refractivity contribution in [2.24, 2.45) is 14.6 Å². The average molecular weight is 219 g/mol. The van der Waals surface area contributed by atoms with E-state index in [1.54, 1.807) is 18.2 Å². The number of sulfonamides is 1. The molecule has 1 aromatic rings. The molecule has 74 valence electrons. The Morgan fingerprint density at radius 3 is 2.80 bits per heavy atom. The van der Waals surface area contributed by atoms with Crippen LogP contribution in [0, 0.1) is 0 Å². The quantitative estimate of drug-likeness (QED) is 0.641. The first kappa shape index (κ1) is 8.49. The molecule has 0 spiro atoms. The van der Waals surface area contributed by atoms with Crippen LogP contribution in [0.4, 0.5) is 0 Å². The fraction of sp³-hybridized carbons (Fsp3) is 0. The van der Waals surface area contributed by atoms with Crippen LogP contribution in [-0.4, -0.2) is 26.1 Å². The molecule has 0 amide bonds. The van der Waals surface area contributed by atoms with E-state index in [1.807, 2.05) is 0 Å². The van der Waals surface area contributed by atoms with Crippen molar-refractivity contribution in [1.82, 2.24) is 0 Å². The molecule has 2 aliphatic rings. The zero-order valence-corrected chi connectivity index (χ0v) is 8.27. The maximum atomic E-state index is 11.7. The molecule has 0 saturated carbocycles. The number of hydrogen-bond donors (Lipinski definition) is 0. The van der Waals surface area contributed by atoms with E-state index in [9.17, 15) is 8.42 Å². The van der Waals surface area contributed by atoms with Crippen molar-refractivity contribution >= 4 is 27.7 Å². The maximum absolute atomic E-state index is 11.7. The highest BCUT2D eigenvalue weighted by molar-refractivity contribution is 7.90. The fourth-order valence-electron chi connectivity index (χ4n) is 1.58. The summed E-state index contributed by atoms with van der Waals surface area (Å²) in [5.41, 5.74) is 1.41. The van der Waals surface area contributed by atoms with Crippen LogP contribution in [0.1, 0.15) is 5.56 Å². The first-order valence-corrected chi connectivity index (χ1v) is 5.68. The molecule has 0 radical (unpaired) electrons. The van der Waals surface area contributed by atoms with Crippen LogP contribution in [0.2, 0.25) is 0 Å². The molecule has 2 aliphatic heterocycles. The van der Waals surface area contributed by atoms with Gasteiger partial charge in [0.15, 0.2) is 0 Å². The van der Waals surface area contributed by atoms with Crippen molar-refractivity contribution in [2.75, 3.05) is 0 Å². The Bertz CT molecular complexity index is 641. The second-order valence-electron chi connectivity index (χ2n) is 3.14. The molecule has 2 heterocycles. The summed E-state index contributed by atoms with van der Waals surface area (Å²) in [6.07, 6.45) is 1.35. The van der Waals surface area contributed by atoms with Gasteiger partial charge in [0.05, 0.1) is 11.1 Å². The maximum Gasteiger partial charge on any atom is 0.283 e. The standard InChI is InChI=1S/C9H5N3O2S/c13-15(14)8-4-2-1-3-6(8)9-7(12-15)5-10-11-9/h1-5H. The molecule has 0 aromatic heterocycles. The first-order valence-electron chi connectivity index (χ1n) is 4.24. The van der Waals surface area contributed by atoms with Crippen molar-refractivity contribution in [3.05, 3.63) is 29.8 Å². The van der Waals surface area contributed by atoms with Gasteiger partial charge in [-0.3, -0.25) is 0 Å². The third-order valence-corrected chi connectivity index (χ3v) is 3.57. The van der Waals surface area contributed by atoms with Crippen LogP contribution in [0.5, 0.6) is 0 Å². The summed E-state index contributed by atoms with van der Waals surface area (Å²) in [5.74, 6) is 0. The summed E-state index contributed by atoms with van der Waals surface area (Å²) >= 11 is 0. The Morgan fingerprint density at radius 2 is 1.93 bits per heavy atom. The summed E-state index contributed by atoms with van der Waals surface area (Å²) in [4.78, 5) is 0.193. The minimum Gasteiger partial charge on any atom is -0.199 e. The Hall–Kier alpha value is -1.82. The molecule has 3 rings (SSSR count). The van der Waals surface area contributed by atoms with E-state index in [1.165, 1.54) is 12.3 Å².